The van der Waals surface area contributed by atoms with E-state index in [0.717, 1.165) is 26.2 Å². The first-order chi connectivity index (χ1) is 10.4. The topological polar surface area (TPSA) is 33.1 Å². The number of nitrogens with one attached hydrogen (secondary N) is 1. The van der Waals surface area contributed by atoms with Crippen molar-refractivity contribution in [2.24, 2.45) is 7.05 Å². The largest absolute Gasteiger partial charge is 0.309 e. The minimum absolute atomic E-state index is 0.190. The van der Waals surface area contributed by atoms with Gasteiger partial charge in [0.1, 0.15) is 0 Å². The maximum Gasteiger partial charge on any atom is 0.0682 e. The Morgan fingerprint density at radius 2 is 2.09 bits per heavy atom. The Morgan fingerprint density at radius 3 is 2.77 bits per heavy atom. The van der Waals surface area contributed by atoms with Crippen molar-refractivity contribution in [2.45, 2.75) is 32.9 Å². The number of piperazine rings is 1. The van der Waals surface area contributed by atoms with Crippen molar-refractivity contribution < 1.29 is 0 Å². The molecule has 4 nitrogen and oxygen atoms in total. The lowest BCUT2D eigenvalue weighted by Gasteiger charge is -2.39. The van der Waals surface area contributed by atoms with Crippen LogP contribution in [0.1, 0.15) is 25.0 Å². The molecule has 1 N–H and O–H groups in total. The van der Waals surface area contributed by atoms with Crippen molar-refractivity contribution in [3.63, 3.8) is 0 Å². The van der Waals surface area contributed by atoms with Crippen LogP contribution < -0.4 is 5.32 Å². The van der Waals surface area contributed by atoms with E-state index in [1.54, 1.807) is 0 Å². The highest BCUT2D eigenvalue weighted by atomic mass is 15.3. The van der Waals surface area contributed by atoms with E-state index in [9.17, 15) is 0 Å². The number of aryl methyl sites for hydroxylation is 2. The van der Waals surface area contributed by atoms with Crippen molar-refractivity contribution in [1.82, 2.24) is 20.0 Å². The highest BCUT2D eigenvalue weighted by molar-refractivity contribution is 5.64. The summed E-state index contributed by atoms with van der Waals surface area (Å²) in [7, 11) is 2.01. The minimum Gasteiger partial charge on any atom is -0.309 e. The van der Waals surface area contributed by atoms with Crippen LogP contribution in [0.25, 0.3) is 11.3 Å². The second-order valence-electron chi connectivity index (χ2n) is 7.02. The van der Waals surface area contributed by atoms with Gasteiger partial charge in [0.2, 0.25) is 0 Å². The van der Waals surface area contributed by atoms with Gasteiger partial charge in [-0.15, -0.1) is 0 Å². The first-order valence-electron chi connectivity index (χ1n) is 8.00. The Balaban J connectivity index is 1.89. The van der Waals surface area contributed by atoms with Gasteiger partial charge < -0.3 is 5.32 Å². The molecule has 3 rings (SSSR count). The summed E-state index contributed by atoms with van der Waals surface area (Å²) in [6, 6.07) is 8.86. The van der Waals surface area contributed by atoms with E-state index in [0.29, 0.717) is 0 Å². The van der Waals surface area contributed by atoms with E-state index in [1.165, 1.54) is 22.4 Å². The molecule has 0 atom stereocenters. The normalized spacial score (nSPS) is 18.5. The van der Waals surface area contributed by atoms with E-state index < -0.39 is 0 Å². The zero-order valence-electron chi connectivity index (χ0n) is 14.1. The molecule has 0 spiro atoms. The molecule has 0 saturated carbocycles. The van der Waals surface area contributed by atoms with Gasteiger partial charge in [-0.3, -0.25) is 9.58 Å². The summed E-state index contributed by atoms with van der Waals surface area (Å²) >= 11 is 0. The molecular weight excluding hydrogens is 272 g/mol. The van der Waals surface area contributed by atoms with Gasteiger partial charge in [-0.1, -0.05) is 17.7 Å². The predicted octanol–water partition coefficient (Wildman–Crippen LogP) is 2.58. The summed E-state index contributed by atoms with van der Waals surface area (Å²) in [5, 5.41) is 7.91. The van der Waals surface area contributed by atoms with Crippen LogP contribution in [0.3, 0.4) is 0 Å². The Kier molecular flexibility index (Phi) is 4.06. The standard InChI is InChI=1S/C18H26N4/c1-14-5-6-15(12-22-10-9-19-18(2,3)13-22)16(11-14)17-7-8-20-21(17)4/h5-8,11,19H,9-10,12-13H2,1-4H3. The zero-order valence-corrected chi connectivity index (χ0v) is 14.1. The fraction of sp³-hybridized carbons (Fsp3) is 0.500. The van der Waals surface area contributed by atoms with Crippen LogP contribution in [-0.4, -0.2) is 39.9 Å². The van der Waals surface area contributed by atoms with E-state index in [2.05, 4.69) is 60.4 Å². The molecule has 0 bridgehead atoms. The third-order valence-corrected chi connectivity index (χ3v) is 4.41. The molecule has 1 saturated heterocycles. The Morgan fingerprint density at radius 1 is 1.27 bits per heavy atom. The molecule has 22 heavy (non-hydrogen) atoms. The van der Waals surface area contributed by atoms with Crippen molar-refractivity contribution in [2.75, 3.05) is 19.6 Å². The summed E-state index contributed by atoms with van der Waals surface area (Å²) in [5.74, 6) is 0. The Bertz CT molecular complexity index is 657. The van der Waals surface area contributed by atoms with Crippen LogP contribution in [0.4, 0.5) is 0 Å². The lowest BCUT2D eigenvalue weighted by atomic mass is 9.98. The van der Waals surface area contributed by atoms with Crippen LogP contribution in [0.15, 0.2) is 30.5 Å². The smallest absolute Gasteiger partial charge is 0.0682 e. The van der Waals surface area contributed by atoms with Gasteiger partial charge in [-0.25, -0.2) is 0 Å². The quantitative estimate of drug-likeness (QED) is 0.945. The first kappa shape index (κ1) is 15.3. The van der Waals surface area contributed by atoms with Gasteiger partial charge in [0.25, 0.3) is 0 Å². The van der Waals surface area contributed by atoms with E-state index >= 15 is 0 Å². The van der Waals surface area contributed by atoms with Gasteiger partial charge in [-0.2, -0.15) is 5.10 Å². The average molecular weight is 298 g/mol. The minimum atomic E-state index is 0.190. The second kappa shape index (κ2) is 5.86. The van der Waals surface area contributed by atoms with Crippen molar-refractivity contribution in [1.29, 1.82) is 0 Å². The van der Waals surface area contributed by atoms with Gasteiger partial charge in [0.05, 0.1) is 5.69 Å². The highest BCUT2D eigenvalue weighted by Crippen LogP contribution is 2.26. The number of benzene rings is 1. The van der Waals surface area contributed by atoms with Crippen LogP contribution >= 0.6 is 0 Å². The molecule has 4 heteroatoms. The van der Waals surface area contributed by atoms with Crippen LogP contribution in [-0.2, 0) is 13.6 Å². The van der Waals surface area contributed by atoms with Gasteiger partial charge in [-0.05, 0) is 38.5 Å². The molecule has 0 unspecified atom stereocenters. The predicted molar refractivity (Wildman–Crippen MR) is 90.7 cm³/mol. The molecule has 0 radical (unpaired) electrons. The summed E-state index contributed by atoms with van der Waals surface area (Å²) in [6.45, 7) is 10.9. The third-order valence-electron chi connectivity index (χ3n) is 4.41. The number of aromatic nitrogens is 2. The number of rotatable bonds is 3. The molecular formula is C18H26N4. The Labute approximate surface area is 133 Å². The molecule has 2 aromatic rings. The third kappa shape index (κ3) is 3.23. The molecule has 0 aliphatic carbocycles. The molecule has 0 amide bonds. The summed E-state index contributed by atoms with van der Waals surface area (Å²) < 4.78 is 1.96. The summed E-state index contributed by atoms with van der Waals surface area (Å²) in [5.41, 5.74) is 5.35. The van der Waals surface area contributed by atoms with Crippen LogP contribution in [0.2, 0.25) is 0 Å². The maximum atomic E-state index is 4.33. The summed E-state index contributed by atoms with van der Waals surface area (Å²) in [6.07, 6.45) is 1.87. The fourth-order valence-corrected chi connectivity index (χ4v) is 3.33. The van der Waals surface area contributed by atoms with Crippen molar-refractivity contribution in [3.05, 3.63) is 41.6 Å². The maximum absolute atomic E-state index is 4.33. The summed E-state index contributed by atoms with van der Waals surface area (Å²) in [4.78, 5) is 2.54. The molecule has 2 heterocycles. The van der Waals surface area contributed by atoms with E-state index in [-0.39, 0.29) is 5.54 Å². The highest BCUT2D eigenvalue weighted by Gasteiger charge is 2.26. The van der Waals surface area contributed by atoms with Gasteiger partial charge in [0.15, 0.2) is 0 Å². The van der Waals surface area contributed by atoms with Gasteiger partial charge >= 0.3 is 0 Å². The van der Waals surface area contributed by atoms with E-state index in [4.69, 9.17) is 0 Å². The zero-order chi connectivity index (χ0) is 15.7. The average Bonchev–Trinajstić information content (AvgIpc) is 2.86. The van der Waals surface area contributed by atoms with Crippen molar-refractivity contribution >= 4 is 0 Å². The first-order valence-corrected chi connectivity index (χ1v) is 8.00. The molecule has 1 aliphatic heterocycles. The number of hydrogen-bond donors (Lipinski definition) is 1. The molecule has 1 aromatic heterocycles. The monoisotopic (exact) mass is 298 g/mol. The second-order valence-corrected chi connectivity index (χ2v) is 7.02. The lowest BCUT2D eigenvalue weighted by Crippen LogP contribution is -2.56. The number of hydrogen-bond acceptors (Lipinski definition) is 3. The van der Waals surface area contributed by atoms with E-state index in [1.807, 2.05) is 17.9 Å². The molecule has 1 aliphatic rings. The molecule has 1 fully saturated rings. The number of nitrogens with zero attached hydrogens (tertiary/aromatic N) is 3. The Hall–Kier alpha value is -1.65. The lowest BCUT2D eigenvalue weighted by molar-refractivity contribution is 0.148. The molecule has 118 valence electrons. The fourth-order valence-electron chi connectivity index (χ4n) is 3.33. The van der Waals surface area contributed by atoms with Crippen LogP contribution in [0.5, 0.6) is 0 Å². The van der Waals surface area contributed by atoms with Gasteiger partial charge in [0, 0.05) is 50.5 Å². The SMILES string of the molecule is Cc1ccc(CN2CCNC(C)(C)C2)c(-c2ccnn2C)c1. The molecule has 1 aromatic carbocycles. The van der Waals surface area contributed by atoms with Crippen molar-refractivity contribution in [3.8, 4) is 11.3 Å². The van der Waals surface area contributed by atoms with Crippen LogP contribution in [0, 0.1) is 6.92 Å².